The summed E-state index contributed by atoms with van der Waals surface area (Å²) in [6, 6.07) is 16.5. The van der Waals surface area contributed by atoms with Gasteiger partial charge in [-0.25, -0.2) is 9.79 Å². The Morgan fingerprint density at radius 3 is 2.53 bits per heavy atom. The highest BCUT2D eigenvalue weighted by Gasteiger charge is 2.55. The lowest BCUT2D eigenvalue weighted by molar-refractivity contribution is -0.139. The number of fused-ring (bicyclic) bond motifs is 3. The highest BCUT2D eigenvalue weighted by Crippen LogP contribution is 2.40. The Morgan fingerprint density at radius 2 is 1.84 bits per heavy atom. The van der Waals surface area contributed by atoms with Crippen molar-refractivity contribution in [2.45, 2.75) is 19.1 Å². The quantitative estimate of drug-likeness (QED) is 0.793. The Morgan fingerprint density at radius 1 is 1.09 bits per heavy atom. The van der Waals surface area contributed by atoms with E-state index in [4.69, 9.17) is 10.7 Å². The van der Waals surface area contributed by atoms with Gasteiger partial charge in [-0.15, -0.1) is 0 Å². The van der Waals surface area contributed by atoms with Crippen molar-refractivity contribution in [2.75, 3.05) is 18.5 Å². The topological polar surface area (TPSA) is 103 Å². The second-order valence-corrected chi connectivity index (χ2v) is 8.03. The molecule has 2 N–H and O–H groups in total. The molecule has 9 nitrogen and oxygen atoms in total. The number of urea groups is 1. The highest BCUT2D eigenvalue weighted by molar-refractivity contribution is 6.16. The Labute approximate surface area is 185 Å². The third kappa shape index (κ3) is 2.93. The van der Waals surface area contributed by atoms with Gasteiger partial charge in [-0.05, 0) is 24.6 Å². The molecule has 3 aliphatic rings. The fourth-order valence-corrected chi connectivity index (χ4v) is 4.37. The van der Waals surface area contributed by atoms with Gasteiger partial charge in [0.15, 0.2) is 12.2 Å². The summed E-state index contributed by atoms with van der Waals surface area (Å²) < 4.78 is 0. The number of primary amides is 1. The second kappa shape index (κ2) is 7.23. The predicted molar refractivity (Wildman–Crippen MR) is 119 cm³/mol. The first-order chi connectivity index (χ1) is 15.4. The number of benzene rings is 2. The third-order valence-electron chi connectivity index (χ3n) is 5.85. The maximum Gasteiger partial charge on any atom is 0.328 e. The number of aryl methyl sites for hydroxylation is 1. The van der Waals surface area contributed by atoms with Crippen LogP contribution in [0.4, 0.5) is 10.5 Å². The van der Waals surface area contributed by atoms with Gasteiger partial charge in [0, 0.05) is 24.5 Å². The zero-order chi connectivity index (χ0) is 22.6. The third-order valence-corrected chi connectivity index (χ3v) is 5.85. The Balaban J connectivity index is 1.62. The summed E-state index contributed by atoms with van der Waals surface area (Å²) in [6.07, 6.45) is 1.18. The minimum atomic E-state index is -0.777. The molecule has 162 valence electrons. The summed E-state index contributed by atoms with van der Waals surface area (Å²) in [4.78, 5) is 48.3. The first-order valence-electron chi connectivity index (χ1n) is 10.2. The average Bonchev–Trinajstić information content (AvgIpc) is 3.32. The molecule has 0 aliphatic carbocycles. The number of likely N-dealkylation sites (N-methyl/N-ethyl adjacent to an activating group) is 1. The number of amides is 4. The summed E-state index contributed by atoms with van der Waals surface area (Å²) in [5.74, 6) is -0.690. The minimum absolute atomic E-state index is 0.467. The Kier molecular flexibility index (Phi) is 4.47. The molecular formula is C23H22N6O3. The monoisotopic (exact) mass is 430 g/mol. The molecule has 5 rings (SSSR count). The number of anilines is 1. The van der Waals surface area contributed by atoms with E-state index in [-0.39, 0.29) is 0 Å². The van der Waals surface area contributed by atoms with E-state index in [1.165, 1.54) is 4.90 Å². The Hall–Kier alpha value is -4.14. The van der Waals surface area contributed by atoms with E-state index in [0.29, 0.717) is 5.96 Å². The van der Waals surface area contributed by atoms with Crippen LogP contribution in [0.3, 0.4) is 0 Å². The molecule has 4 amide bonds. The minimum Gasteiger partial charge on any atom is -0.368 e. The second-order valence-electron chi connectivity index (χ2n) is 8.03. The molecule has 2 unspecified atom stereocenters. The summed E-state index contributed by atoms with van der Waals surface area (Å²) >= 11 is 0. The van der Waals surface area contributed by atoms with Crippen LogP contribution >= 0.6 is 0 Å². The Bertz CT molecular complexity index is 1190. The van der Waals surface area contributed by atoms with Crippen molar-refractivity contribution >= 4 is 35.2 Å². The maximum absolute atomic E-state index is 13.3. The van der Waals surface area contributed by atoms with Gasteiger partial charge in [-0.1, -0.05) is 42.5 Å². The van der Waals surface area contributed by atoms with Crippen LogP contribution in [0.15, 0.2) is 65.8 Å². The van der Waals surface area contributed by atoms with Gasteiger partial charge in [0.05, 0.1) is 5.70 Å². The molecule has 0 saturated carbocycles. The maximum atomic E-state index is 13.3. The van der Waals surface area contributed by atoms with Crippen LogP contribution in [0.1, 0.15) is 11.1 Å². The SMILES string of the molecule is Cc1cccc(N2C(c3ccccc3)=CN3C2=NC2C3C(=O)N(CC(N)=O)C(=O)N2C)c1. The van der Waals surface area contributed by atoms with Gasteiger partial charge in [-0.3, -0.25) is 24.3 Å². The zero-order valence-electron chi connectivity index (χ0n) is 17.7. The van der Waals surface area contributed by atoms with Crippen LogP contribution in [0.5, 0.6) is 0 Å². The van der Waals surface area contributed by atoms with E-state index < -0.39 is 36.6 Å². The number of nitrogens with zero attached hydrogens (tertiary/aromatic N) is 5. The molecular weight excluding hydrogens is 408 g/mol. The van der Waals surface area contributed by atoms with Gasteiger partial charge in [0.1, 0.15) is 6.54 Å². The number of aliphatic imine (C=N–C) groups is 1. The molecule has 1 fully saturated rings. The van der Waals surface area contributed by atoms with Crippen LogP contribution in [0.25, 0.3) is 5.70 Å². The first kappa shape index (κ1) is 19.8. The number of nitrogens with two attached hydrogens (primary N) is 1. The molecule has 9 heteroatoms. The number of imide groups is 1. The van der Waals surface area contributed by atoms with Gasteiger partial charge in [0.2, 0.25) is 11.9 Å². The number of carbonyl (C=O) groups is 3. The van der Waals surface area contributed by atoms with Crippen molar-refractivity contribution in [2.24, 2.45) is 10.7 Å². The highest BCUT2D eigenvalue weighted by atomic mass is 16.2. The molecule has 0 spiro atoms. The zero-order valence-corrected chi connectivity index (χ0v) is 17.7. The van der Waals surface area contributed by atoms with Gasteiger partial charge in [-0.2, -0.15) is 0 Å². The van der Waals surface area contributed by atoms with Gasteiger partial charge >= 0.3 is 6.03 Å². The van der Waals surface area contributed by atoms with Crippen molar-refractivity contribution in [3.05, 3.63) is 71.9 Å². The van der Waals surface area contributed by atoms with Crippen LogP contribution in [0, 0.1) is 6.92 Å². The van der Waals surface area contributed by atoms with Crippen LogP contribution < -0.4 is 10.6 Å². The average molecular weight is 430 g/mol. The van der Waals surface area contributed by atoms with Crippen LogP contribution in [-0.4, -0.2) is 64.3 Å². The largest absolute Gasteiger partial charge is 0.368 e. The van der Waals surface area contributed by atoms with Crippen molar-refractivity contribution in [1.82, 2.24) is 14.7 Å². The molecule has 0 aromatic heterocycles. The first-order valence-corrected chi connectivity index (χ1v) is 10.2. The molecule has 2 aromatic carbocycles. The van der Waals surface area contributed by atoms with E-state index in [1.807, 2.05) is 72.6 Å². The molecule has 2 aromatic rings. The molecule has 32 heavy (non-hydrogen) atoms. The lowest BCUT2D eigenvalue weighted by Gasteiger charge is -2.39. The van der Waals surface area contributed by atoms with Crippen LogP contribution in [-0.2, 0) is 9.59 Å². The number of carbonyl (C=O) groups excluding carboxylic acids is 3. The molecule has 3 heterocycles. The summed E-state index contributed by atoms with van der Waals surface area (Å²) in [5.41, 5.74) is 9.09. The van der Waals surface area contributed by atoms with E-state index in [9.17, 15) is 14.4 Å². The summed E-state index contributed by atoms with van der Waals surface area (Å²) in [7, 11) is 1.57. The van der Waals surface area contributed by atoms with Crippen LogP contribution in [0.2, 0.25) is 0 Å². The molecule has 1 saturated heterocycles. The van der Waals surface area contributed by atoms with E-state index in [1.54, 1.807) is 11.9 Å². The molecule has 0 bridgehead atoms. The molecule has 2 atom stereocenters. The fourth-order valence-electron chi connectivity index (χ4n) is 4.37. The number of hydrogen-bond donors (Lipinski definition) is 1. The van der Waals surface area contributed by atoms with Crippen molar-refractivity contribution in [1.29, 1.82) is 0 Å². The number of guanidine groups is 1. The normalized spacial score (nSPS) is 22.1. The predicted octanol–water partition coefficient (Wildman–Crippen LogP) is 1.56. The van der Waals surface area contributed by atoms with Crippen molar-refractivity contribution in [3.8, 4) is 0 Å². The summed E-state index contributed by atoms with van der Waals surface area (Å²) in [6.45, 7) is 1.54. The van der Waals surface area contributed by atoms with Crippen molar-refractivity contribution < 1.29 is 14.4 Å². The summed E-state index contributed by atoms with van der Waals surface area (Å²) in [5, 5.41) is 0. The van der Waals surface area contributed by atoms with Gasteiger partial charge < -0.3 is 10.6 Å². The van der Waals surface area contributed by atoms with Gasteiger partial charge in [0.25, 0.3) is 5.91 Å². The molecule has 0 radical (unpaired) electrons. The van der Waals surface area contributed by atoms with E-state index in [0.717, 1.165) is 27.4 Å². The van der Waals surface area contributed by atoms with E-state index >= 15 is 0 Å². The lowest BCUT2D eigenvalue weighted by atomic mass is 10.1. The van der Waals surface area contributed by atoms with Crippen molar-refractivity contribution in [3.63, 3.8) is 0 Å². The van der Waals surface area contributed by atoms with E-state index in [2.05, 4.69) is 0 Å². The number of rotatable bonds is 4. The number of hydrogen-bond acceptors (Lipinski definition) is 6. The molecule has 3 aliphatic heterocycles. The standard InChI is InChI=1S/C23H22N6O3/c1-14-7-6-10-16(11-14)29-17(15-8-4-3-5-9-15)12-27-19-20(25-22(27)29)26(2)23(32)28(21(19)31)13-18(24)30/h3-12,19-20H,13H2,1-2H3,(H2,24,30). The fraction of sp³-hybridized carbons (Fsp3) is 0.217. The smallest absolute Gasteiger partial charge is 0.328 e. The lowest BCUT2D eigenvalue weighted by Crippen LogP contribution is -2.65.